The summed E-state index contributed by atoms with van der Waals surface area (Å²) in [5.74, 6) is -0.0881. The normalized spacial score (nSPS) is 12.8. The maximum Gasteiger partial charge on any atom is 0.179 e. The van der Waals surface area contributed by atoms with Crippen LogP contribution in [0.1, 0.15) is 25.5 Å². The van der Waals surface area contributed by atoms with Gasteiger partial charge >= 0.3 is 0 Å². The Morgan fingerprint density at radius 2 is 1.93 bits per heavy atom. The predicted molar refractivity (Wildman–Crippen MR) is 59.5 cm³/mol. The summed E-state index contributed by atoms with van der Waals surface area (Å²) in [7, 11) is 0. The molecule has 0 spiro atoms. The fourth-order valence-corrected chi connectivity index (χ4v) is 1.18. The minimum atomic E-state index is -0.579. The molecule has 3 heteroatoms. The number of hydrogen-bond donors (Lipinski definition) is 1. The highest BCUT2D eigenvalue weighted by Crippen LogP contribution is 2.10. The zero-order chi connectivity index (χ0) is 11.3. The molecule has 2 N–H and O–H groups in total. The standard InChI is InChI=1S/C12H17NO2/c1-9(2)15-8-11(14)12(13)10-6-4-3-5-7-10/h3-7,9,12H,8,13H2,1-2H3/t12-/m1/s1. The molecular weight excluding hydrogens is 190 g/mol. The molecule has 0 amide bonds. The fraction of sp³-hybridized carbons (Fsp3) is 0.417. The molecule has 0 fully saturated rings. The second-order valence-electron chi connectivity index (χ2n) is 3.71. The molecule has 82 valence electrons. The van der Waals surface area contributed by atoms with Crippen LogP contribution in [-0.4, -0.2) is 18.5 Å². The number of hydrogen-bond acceptors (Lipinski definition) is 3. The van der Waals surface area contributed by atoms with Gasteiger partial charge in [0.1, 0.15) is 6.61 Å². The van der Waals surface area contributed by atoms with Gasteiger partial charge in [0.2, 0.25) is 0 Å². The van der Waals surface area contributed by atoms with E-state index in [0.29, 0.717) is 0 Å². The molecule has 3 nitrogen and oxygen atoms in total. The minimum Gasteiger partial charge on any atom is -0.371 e. The Morgan fingerprint density at radius 1 is 1.33 bits per heavy atom. The largest absolute Gasteiger partial charge is 0.371 e. The van der Waals surface area contributed by atoms with Crippen molar-refractivity contribution in [1.82, 2.24) is 0 Å². The van der Waals surface area contributed by atoms with Crippen LogP contribution in [0.2, 0.25) is 0 Å². The average Bonchev–Trinajstić information content (AvgIpc) is 2.26. The highest BCUT2D eigenvalue weighted by molar-refractivity contribution is 5.86. The van der Waals surface area contributed by atoms with Crippen LogP contribution in [0.4, 0.5) is 0 Å². The first kappa shape index (κ1) is 11.9. The molecular formula is C12H17NO2. The highest BCUT2D eigenvalue weighted by Gasteiger charge is 2.15. The topological polar surface area (TPSA) is 52.3 Å². The minimum absolute atomic E-state index is 0.0527. The van der Waals surface area contributed by atoms with Crippen LogP contribution in [0.25, 0.3) is 0 Å². The van der Waals surface area contributed by atoms with E-state index in [2.05, 4.69) is 0 Å². The molecule has 0 aliphatic carbocycles. The maximum atomic E-state index is 11.6. The highest BCUT2D eigenvalue weighted by atomic mass is 16.5. The molecule has 1 aromatic carbocycles. The fourth-order valence-electron chi connectivity index (χ4n) is 1.18. The van der Waals surface area contributed by atoms with Crippen LogP contribution in [-0.2, 0) is 9.53 Å². The zero-order valence-corrected chi connectivity index (χ0v) is 9.14. The number of carbonyl (C=O) groups excluding carboxylic acids is 1. The lowest BCUT2D eigenvalue weighted by molar-refractivity contribution is -0.126. The molecule has 1 aromatic rings. The van der Waals surface area contributed by atoms with Gasteiger partial charge in [0, 0.05) is 0 Å². The SMILES string of the molecule is CC(C)OCC(=O)[C@H](N)c1ccccc1. The van der Waals surface area contributed by atoms with Gasteiger partial charge in [-0.05, 0) is 19.4 Å². The van der Waals surface area contributed by atoms with E-state index >= 15 is 0 Å². The van der Waals surface area contributed by atoms with E-state index in [1.807, 2.05) is 44.2 Å². The van der Waals surface area contributed by atoms with Gasteiger partial charge in [-0.25, -0.2) is 0 Å². The van der Waals surface area contributed by atoms with Crippen molar-refractivity contribution in [3.05, 3.63) is 35.9 Å². The van der Waals surface area contributed by atoms with Crippen LogP contribution in [0.3, 0.4) is 0 Å². The predicted octanol–water partition coefficient (Wildman–Crippen LogP) is 1.68. The van der Waals surface area contributed by atoms with Crippen molar-refractivity contribution in [2.24, 2.45) is 5.73 Å². The first-order valence-corrected chi connectivity index (χ1v) is 5.06. The lowest BCUT2D eigenvalue weighted by Crippen LogP contribution is -2.26. The van der Waals surface area contributed by atoms with Crippen molar-refractivity contribution in [3.63, 3.8) is 0 Å². The smallest absolute Gasteiger partial charge is 0.179 e. The number of ether oxygens (including phenoxy) is 1. The van der Waals surface area contributed by atoms with E-state index in [1.165, 1.54) is 0 Å². The van der Waals surface area contributed by atoms with Crippen LogP contribution in [0, 0.1) is 0 Å². The number of ketones is 1. The summed E-state index contributed by atoms with van der Waals surface area (Å²) >= 11 is 0. The monoisotopic (exact) mass is 207 g/mol. The Balaban J connectivity index is 2.54. The molecule has 0 heterocycles. The molecule has 0 unspecified atom stereocenters. The second kappa shape index (κ2) is 5.63. The van der Waals surface area contributed by atoms with E-state index in [1.54, 1.807) is 0 Å². The second-order valence-corrected chi connectivity index (χ2v) is 3.71. The van der Waals surface area contributed by atoms with E-state index in [-0.39, 0.29) is 18.5 Å². The van der Waals surface area contributed by atoms with Crippen molar-refractivity contribution in [2.45, 2.75) is 26.0 Å². The van der Waals surface area contributed by atoms with Crippen LogP contribution in [0.15, 0.2) is 30.3 Å². The summed E-state index contributed by atoms with van der Waals surface area (Å²) in [6, 6.07) is 8.74. The van der Waals surface area contributed by atoms with Crippen molar-refractivity contribution in [3.8, 4) is 0 Å². The molecule has 0 saturated heterocycles. The lowest BCUT2D eigenvalue weighted by Gasteiger charge is -2.12. The third-order valence-electron chi connectivity index (χ3n) is 2.06. The summed E-state index contributed by atoms with van der Waals surface area (Å²) in [5.41, 5.74) is 6.62. The molecule has 0 aromatic heterocycles. The quantitative estimate of drug-likeness (QED) is 0.799. The zero-order valence-electron chi connectivity index (χ0n) is 9.14. The number of carbonyl (C=O) groups is 1. The average molecular weight is 207 g/mol. The Hall–Kier alpha value is -1.19. The molecule has 15 heavy (non-hydrogen) atoms. The third kappa shape index (κ3) is 3.81. The Kier molecular flexibility index (Phi) is 4.46. The van der Waals surface area contributed by atoms with E-state index in [9.17, 15) is 4.79 Å². The molecule has 1 rings (SSSR count). The van der Waals surface area contributed by atoms with Gasteiger partial charge in [0.05, 0.1) is 12.1 Å². The summed E-state index contributed by atoms with van der Waals surface area (Å²) in [6.07, 6.45) is 0.0527. The maximum absolute atomic E-state index is 11.6. The van der Waals surface area contributed by atoms with Gasteiger partial charge < -0.3 is 10.5 Å². The summed E-state index contributed by atoms with van der Waals surface area (Å²) in [6.45, 7) is 3.86. The van der Waals surface area contributed by atoms with E-state index in [0.717, 1.165) is 5.56 Å². The first-order chi connectivity index (χ1) is 7.11. The van der Waals surface area contributed by atoms with Crippen LogP contribution in [0.5, 0.6) is 0 Å². The van der Waals surface area contributed by atoms with Crippen molar-refractivity contribution >= 4 is 5.78 Å². The molecule has 0 bridgehead atoms. The third-order valence-corrected chi connectivity index (χ3v) is 2.06. The molecule has 0 aliphatic heterocycles. The molecule has 0 saturated carbocycles. The lowest BCUT2D eigenvalue weighted by atomic mass is 10.0. The van der Waals surface area contributed by atoms with Gasteiger partial charge in [0.15, 0.2) is 5.78 Å². The van der Waals surface area contributed by atoms with Crippen molar-refractivity contribution < 1.29 is 9.53 Å². The number of rotatable bonds is 5. The number of Topliss-reactive ketones (excluding diaryl/α,β-unsaturated/α-hetero) is 1. The summed E-state index contributed by atoms with van der Waals surface area (Å²) < 4.78 is 5.22. The summed E-state index contributed by atoms with van der Waals surface area (Å²) in [5, 5.41) is 0. The molecule has 0 aliphatic rings. The Bertz CT molecular complexity index is 309. The van der Waals surface area contributed by atoms with E-state index < -0.39 is 6.04 Å². The van der Waals surface area contributed by atoms with E-state index in [4.69, 9.17) is 10.5 Å². The van der Waals surface area contributed by atoms with Crippen LogP contribution < -0.4 is 5.73 Å². The van der Waals surface area contributed by atoms with Gasteiger partial charge in [0.25, 0.3) is 0 Å². The van der Waals surface area contributed by atoms with Crippen LogP contribution >= 0.6 is 0 Å². The Morgan fingerprint density at radius 3 is 2.47 bits per heavy atom. The van der Waals surface area contributed by atoms with Crippen molar-refractivity contribution in [1.29, 1.82) is 0 Å². The van der Waals surface area contributed by atoms with Crippen molar-refractivity contribution in [2.75, 3.05) is 6.61 Å². The van der Waals surface area contributed by atoms with Gasteiger partial charge in [-0.1, -0.05) is 30.3 Å². The van der Waals surface area contributed by atoms with Gasteiger partial charge in [-0.2, -0.15) is 0 Å². The number of nitrogens with two attached hydrogens (primary N) is 1. The first-order valence-electron chi connectivity index (χ1n) is 5.06. The number of benzene rings is 1. The molecule has 1 atom stereocenters. The van der Waals surface area contributed by atoms with Gasteiger partial charge in [-0.3, -0.25) is 4.79 Å². The Labute approximate surface area is 90.2 Å². The van der Waals surface area contributed by atoms with Gasteiger partial charge in [-0.15, -0.1) is 0 Å². The summed E-state index contributed by atoms with van der Waals surface area (Å²) in [4.78, 5) is 11.6. The molecule has 0 radical (unpaired) electrons.